The third-order valence-corrected chi connectivity index (χ3v) is 2.54. The van der Waals surface area contributed by atoms with Crippen LogP contribution in [0.25, 0.3) is 0 Å². The molecule has 0 rings (SSSR count). The molecule has 0 aromatic rings. The Bertz CT molecular complexity index is 231. The highest BCUT2D eigenvalue weighted by atomic mass is 32.2. The molecule has 0 heterocycles. The van der Waals surface area contributed by atoms with Crippen LogP contribution < -0.4 is 10.6 Å². The molecule has 0 radical (unpaired) electrons. The maximum Gasteiger partial charge on any atom is 0.309 e. The van der Waals surface area contributed by atoms with Crippen molar-refractivity contribution >= 4 is 23.6 Å². The van der Waals surface area contributed by atoms with Gasteiger partial charge in [-0.25, -0.2) is 0 Å². The molecule has 3 N–H and O–H groups in total. The van der Waals surface area contributed by atoms with Gasteiger partial charge in [-0.1, -0.05) is 0 Å². The normalized spacial score (nSPS) is 14.1. The van der Waals surface area contributed by atoms with Crippen LogP contribution in [0.4, 0.5) is 0 Å². The van der Waals surface area contributed by atoms with Crippen LogP contribution in [0, 0.1) is 0 Å². The topological polar surface area (TPSA) is 78.4 Å². The van der Waals surface area contributed by atoms with Crippen molar-refractivity contribution in [2.75, 3.05) is 25.1 Å². The van der Waals surface area contributed by atoms with Crippen LogP contribution in [0.5, 0.6) is 0 Å². The number of rotatable bonds is 5. The second-order valence-corrected chi connectivity index (χ2v) is 4.34. The van der Waals surface area contributed by atoms with Crippen molar-refractivity contribution < 1.29 is 14.7 Å². The van der Waals surface area contributed by atoms with Gasteiger partial charge in [-0.2, -0.15) is 11.8 Å². The van der Waals surface area contributed by atoms with Crippen LogP contribution in [0.3, 0.4) is 0 Å². The molecule has 0 aliphatic heterocycles. The van der Waals surface area contributed by atoms with Gasteiger partial charge in [0.2, 0.25) is 0 Å². The van der Waals surface area contributed by atoms with E-state index in [1.807, 2.05) is 6.26 Å². The third kappa shape index (κ3) is 6.35. The Hall–Kier alpha value is -0.750. The number of thioether (sulfide) groups is 1. The minimum absolute atomic E-state index is 0.0732. The Morgan fingerprint density at radius 1 is 1.33 bits per heavy atom. The molecule has 88 valence electrons. The van der Waals surface area contributed by atoms with Gasteiger partial charge in [-0.15, -0.1) is 0 Å². The predicted octanol–water partition coefficient (Wildman–Crippen LogP) is -0.647. The number of likely N-dealkylation sites (N-methyl/N-ethyl adjacent to an activating group) is 1. The number of carbonyl (C=O) groups is 2. The van der Waals surface area contributed by atoms with Crippen molar-refractivity contribution in [3.05, 3.63) is 0 Å². The van der Waals surface area contributed by atoms with E-state index in [1.165, 1.54) is 11.8 Å². The standard InChI is InChI=1S/C9H18N2O3S/c1-4-10-7(12)8(13)11-5-9(2,14)6-15-3/h14H,4-6H2,1-3H3,(H,10,12)(H,11,13). The highest BCUT2D eigenvalue weighted by Crippen LogP contribution is 2.08. The molecule has 5 nitrogen and oxygen atoms in total. The van der Waals surface area contributed by atoms with E-state index in [0.717, 1.165) is 0 Å². The zero-order valence-corrected chi connectivity index (χ0v) is 10.1. The molecule has 2 amide bonds. The molecular formula is C9H18N2O3S. The summed E-state index contributed by atoms with van der Waals surface area (Å²) < 4.78 is 0. The molecule has 0 aromatic carbocycles. The van der Waals surface area contributed by atoms with Gasteiger partial charge in [0, 0.05) is 18.8 Å². The molecule has 15 heavy (non-hydrogen) atoms. The maximum atomic E-state index is 11.1. The number of carbonyl (C=O) groups excluding carboxylic acids is 2. The fraction of sp³-hybridized carbons (Fsp3) is 0.778. The van der Waals surface area contributed by atoms with Crippen LogP contribution in [0.2, 0.25) is 0 Å². The SMILES string of the molecule is CCNC(=O)C(=O)NCC(C)(O)CSC. The molecule has 0 aromatic heterocycles. The molecule has 6 heteroatoms. The van der Waals surface area contributed by atoms with Crippen LogP contribution in [-0.2, 0) is 9.59 Å². The maximum absolute atomic E-state index is 11.1. The summed E-state index contributed by atoms with van der Waals surface area (Å²) in [7, 11) is 0. The summed E-state index contributed by atoms with van der Waals surface area (Å²) >= 11 is 1.48. The van der Waals surface area contributed by atoms with Gasteiger partial charge in [-0.05, 0) is 20.1 Å². The number of amides is 2. The van der Waals surface area contributed by atoms with Gasteiger partial charge >= 0.3 is 11.8 Å². The summed E-state index contributed by atoms with van der Waals surface area (Å²) in [6.45, 7) is 3.83. The molecule has 0 saturated carbocycles. The Morgan fingerprint density at radius 3 is 2.33 bits per heavy atom. The zero-order chi connectivity index (χ0) is 11.9. The van der Waals surface area contributed by atoms with Crippen LogP contribution in [0.1, 0.15) is 13.8 Å². The van der Waals surface area contributed by atoms with Crippen molar-refractivity contribution in [2.45, 2.75) is 19.4 Å². The summed E-state index contributed by atoms with van der Waals surface area (Å²) in [5, 5.41) is 14.5. The quantitative estimate of drug-likeness (QED) is 0.553. The molecule has 0 spiro atoms. The Morgan fingerprint density at radius 2 is 1.87 bits per heavy atom. The van der Waals surface area contributed by atoms with E-state index < -0.39 is 17.4 Å². The summed E-state index contributed by atoms with van der Waals surface area (Å²) in [6.07, 6.45) is 1.86. The monoisotopic (exact) mass is 234 g/mol. The van der Waals surface area contributed by atoms with Crippen molar-refractivity contribution in [2.24, 2.45) is 0 Å². The van der Waals surface area contributed by atoms with Gasteiger partial charge in [-0.3, -0.25) is 9.59 Å². The smallest absolute Gasteiger partial charge is 0.309 e. The highest BCUT2D eigenvalue weighted by Gasteiger charge is 2.22. The van der Waals surface area contributed by atoms with E-state index in [0.29, 0.717) is 12.3 Å². The zero-order valence-electron chi connectivity index (χ0n) is 9.29. The molecular weight excluding hydrogens is 216 g/mol. The lowest BCUT2D eigenvalue weighted by Crippen LogP contribution is -2.47. The lowest BCUT2D eigenvalue weighted by molar-refractivity contribution is -0.139. The van der Waals surface area contributed by atoms with E-state index in [4.69, 9.17) is 0 Å². The summed E-state index contributed by atoms with van der Waals surface area (Å²) in [4.78, 5) is 22.2. The number of hydrogen-bond donors (Lipinski definition) is 3. The molecule has 0 saturated heterocycles. The van der Waals surface area contributed by atoms with E-state index in [1.54, 1.807) is 13.8 Å². The molecule has 0 aliphatic carbocycles. The third-order valence-electron chi connectivity index (χ3n) is 1.63. The molecule has 1 unspecified atom stereocenters. The fourth-order valence-corrected chi connectivity index (χ4v) is 1.68. The van der Waals surface area contributed by atoms with Crippen LogP contribution >= 0.6 is 11.8 Å². The van der Waals surface area contributed by atoms with E-state index >= 15 is 0 Å². The number of aliphatic hydroxyl groups is 1. The first-order chi connectivity index (χ1) is 6.93. The Kier molecular flexibility index (Phi) is 6.35. The average molecular weight is 234 g/mol. The second-order valence-electron chi connectivity index (χ2n) is 3.47. The summed E-state index contributed by atoms with van der Waals surface area (Å²) in [6, 6.07) is 0. The molecule has 0 fully saturated rings. The largest absolute Gasteiger partial charge is 0.387 e. The van der Waals surface area contributed by atoms with E-state index in [2.05, 4.69) is 10.6 Å². The lowest BCUT2D eigenvalue weighted by Gasteiger charge is -2.22. The van der Waals surface area contributed by atoms with Crippen molar-refractivity contribution in [1.29, 1.82) is 0 Å². The van der Waals surface area contributed by atoms with Crippen molar-refractivity contribution in [3.8, 4) is 0 Å². The molecule has 1 atom stereocenters. The van der Waals surface area contributed by atoms with E-state index in [-0.39, 0.29) is 6.54 Å². The van der Waals surface area contributed by atoms with Crippen LogP contribution in [-0.4, -0.2) is 47.6 Å². The Labute approximate surface area is 94.0 Å². The fourth-order valence-electron chi connectivity index (χ4n) is 0.954. The van der Waals surface area contributed by atoms with E-state index in [9.17, 15) is 14.7 Å². The second kappa shape index (κ2) is 6.68. The van der Waals surface area contributed by atoms with Crippen LogP contribution in [0.15, 0.2) is 0 Å². The minimum Gasteiger partial charge on any atom is -0.387 e. The first-order valence-corrected chi connectivity index (χ1v) is 6.09. The first kappa shape index (κ1) is 14.2. The van der Waals surface area contributed by atoms with Gasteiger partial charge < -0.3 is 15.7 Å². The summed E-state index contributed by atoms with van der Waals surface area (Å²) in [5.74, 6) is -0.876. The molecule has 0 aliphatic rings. The summed E-state index contributed by atoms with van der Waals surface area (Å²) in [5.41, 5.74) is -0.985. The predicted molar refractivity (Wildman–Crippen MR) is 60.7 cm³/mol. The highest BCUT2D eigenvalue weighted by molar-refractivity contribution is 7.98. The Balaban J connectivity index is 3.94. The lowest BCUT2D eigenvalue weighted by atomic mass is 10.1. The molecule has 0 bridgehead atoms. The van der Waals surface area contributed by atoms with Gasteiger partial charge in [0.15, 0.2) is 0 Å². The number of nitrogens with one attached hydrogen (secondary N) is 2. The average Bonchev–Trinajstić information content (AvgIpc) is 2.14. The van der Waals surface area contributed by atoms with Crippen molar-refractivity contribution in [1.82, 2.24) is 10.6 Å². The first-order valence-electron chi connectivity index (χ1n) is 4.70. The minimum atomic E-state index is -0.985. The van der Waals surface area contributed by atoms with Gasteiger partial charge in [0.1, 0.15) is 0 Å². The number of hydrogen-bond acceptors (Lipinski definition) is 4. The van der Waals surface area contributed by atoms with Gasteiger partial charge in [0.05, 0.1) is 5.60 Å². The van der Waals surface area contributed by atoms with Crippen molar-refractivity contribution in [3.63, 3.8) is 0 Å². The van der Waals surface area contributed by atoms with Gasteiger partial charge in [0.25, 0.3) is 0 Å².